The maximum Gasteiger partial charge on any atom is 0.251 e. The van der Waals surface area contributed by atoms with Crippen LogP contribution in [0.5, 0.6) is 0 Å². The summed E-state index contributed by atoms with van der Waals surface area (Å²) in [6.07, 6.45) is 4.29. The molecule has 0 radical (unpaired) electrons. The van der Waals surface area contributed by atoms with E-state index < -0.39 is 0 Å². The van der Waals surface area contributed by atoms with Crippen LogP contribution in [0.2, 0.25) is 0 Å². The van der Waals surface area contributed by atoms with E-state index in [1.807, 2.05) is 0 Å². The molecule has 2 amide bonds. The zero-order valence-electron chi connectivity index (χ0n) is 10.5. The number of carbonyl (C=O) groups is 2. The van der Waals surface area contributed by atoms with Crippen LogP contribution in [0.4, 0.5) is 11.4 Å². The van der Waals surface area contributed by atoms with Gasteiger partial charge in [0.05, 0.1) is 24.6 Å². The predicted octanol–water partition coefficient (Wildman–Crippen LogP) is 0.427. The fourth-order valence-electron chi connectivity index (χ4n) is 1.47. The second-order valence-electron chi connectivity index (χ2n) is 3.98. The van der Waals surface area contributed by atoms with Crippen molar-refractivity contribution in [3.8, 4) is 0 Å². The van der Waals surface area contributed by atoms with Crippen LogP contribution in [-0.2, 0) is 4.79 Å². The molecule has 7 nitrogen and oxygen atoms in total. The Bertz CT molecular complexity index is 598. The zero-order valence-corrected chi connectivity index (χ0v) is 10.5. The van der Waals surface area contributed by atoms with Gasteiger partial charge in [0.2, 0.25) is 5.91 Å². The summed E-state index contributed by atoms with van der Waals surface area (Å²) in [5.74, 6) is -0.701. The molecule has 0 fully saturated rings. The van der Waals surface area contributed by atoms with Gasteiger partial charge in [-0.05, 0) is 24.3 Å². The number of anilines is 2. The number of benzene rings is 1. The Hall–Kier alpha value is -2.96. The van der Waals surface area contributed by atoms with E-state index >= 15 is 0 Å². The molecule has 1 aromatic heterocycles. The third kappa shape index (κ3) is 3.77. The van der Waals surface area contributed by atoms with E-state index in [1.54, 1.807) is 24.3 Å². The second kappa shape index (κ2) is 6.28. The second-order valence-corrected chi connectivity index (χ2v) is 3.98. The zero-order chi connectivity index (χ0) is 14.4. The molecule has 2 aromatic rings. The molecular weight excluding hydrogens is 258 g/mol. The first-order valence-electron chi connectivity index (χ1n) is 5.84. The van der Waals surface area contributed by atoms with Crippen LogP contribution in [0.15, 0.2) is 43.0 Å². The van der Waals surface area contributed by atoms with E-state index in [1.165, 1.54) is 18.7 Å². The SMILES string of the molecule is Nc1ccc(C(=O)NCC(=O)Nc2cncnc2)cc1. The highest BCUT2D eigenvalue weighted by Crippen LogP contribution is 2.05. The molecule has 0 spiro atoms. The molecular formula is C13H13N5O2. The Morgan fingerprint density at radius 2 is 1.75 bits per heavy atom. The van der Waals surface area contributed by atoms with E-state index in [0.717, 1.165) is 0 Å². The molecule has 0 aliphatic carbocycles. The molecule has 20 heavy (non-hydrogen) atoms. The minimum atomic E-state index is -0.358. The summed E-state index contributed by atoms with van der Waals surface area (Å²) in [6, 6.07) is 6.42. The number of nitrogens with one attached hydrogen (secondary N) is 2. The molecule has 102 valence electrons. The first kappa shape index (κ1) is 13.5. The Kier molecular flexibility index (Phi) is 4.23. The summed E-state index contributed by atoms with van der Waals surface area (Å²) in [6.45, 7) is -0.141. The number of nitrogens with two attached hydrogens (primary N) is 1. The topological polar surface area (TPSA) is 110 Å². The van der Waals surface area contributed by atoms with Crippen LogP contribution in [-0.4, -0.2) is 28.3 Å². The minimum Gasteiger partial charge on any atom is -0.399 e. The van der Waals surface area contributed by atoms with Gasteiger partial charge >= 0.3 is 0 Å². The van der Waals surface area contributed by atoms with Gasteiger partial charge in [0.1, 0.15) is 6.33 Å². The predicted molar refractivity (Wildman–Crippen MR) is 73.8 cm³/mol. The third-order valence-corrected chi connectivity index (χ3v) is 2.43. The van der Waals surface area contributed by atoms with Gasteiger partial charge in [-0.25, -0.2) is 9.97 Å². The Morgan fingerprint density at radius 3 is 2.40 bits per heavy atom. The summed E-state index contributed by atoms with van der Waals surface area (Å²) >= 11 is 0. The maximum absolute atomic E-state index is 11.8. The highest BCUT2D eigenvalue weighted by molar-refractivity contribution is 5.99. The highest BCUT2D eigenvalue weighted by atomic mass is 16.2. The molecule has 0 saturated heterocycles. The first-order valence-corrected chi connectivity index (χ1v) is 5.84. The Morgan fingerprint density at radius 1 is 1.10 bits per heavy atom. The summed E-state index contributed by atoms with van der Waals surface area (Å²) in [5, 5.41) is 5.07. The third-order valence-electron chi connectivity index (χ3n) is 2.43. The summed E-state index contributed by atoms with van der Waals surface area (Å²) in [7, 11) is 0. The molecule has 4 N–H and O–H groups in total. The monoisotopic (exact) mass is 271 g/mol. The van der Waals surface area contributed by atoms with Crippen LogP contribution in [0, 0.1) is 0 Å². The van der Waals surface area contributed by atoms with Gasteiger partial charge < -0.3 is 16.4 Å². The van der Waals surface area contributed by atoms with Crippen LogP contribution in [0.1, 0.15) is 10.4 Å². The smallest absolute Gasteiger partial charge is 0.251 e. The van der Waals surface area contributed by atoms with Gasteiger partial charge in [0.15, 0.2) is 0 Å². The largest absolute Gasteiger partial charge is 0.399 e. The van der Waals surface area contributed by atoms with Crippen molar-refractivity contribution in [1.82, 2.24) is 15.3 Å². The molecule has 1 heterocycles. The molecule has 0 aliphatic heterocycles. The lowest BCUT2D eigenvalue weighted by Crippen LogP contribution is -2.32. The maximum atomic E-state index is 11.8. The summed E-state index contributed by atoms with van der Waals surface area (Å²) in [5.41, 5.74) is 7.01. The molecule has 7 heteroatoms. The number of nitrogens with zero attached hydrogens (tertiary/aromatic N) is 2. The number of nitrogen functional groups attached to an aromatic ring is 1. The fraction of sp³-hybridized carbons (Fsp3) is 0.0769. The summed E-state index contributed by atoms with van der Waals surface area (Å²) in [4.78, 5) is 30.9. The van der Waals surface area contributed by atoms with Crippen molar-refractivity contribution in [1.29, 1.82) is 0 Å². The standard InChI is InChI=1S/C13H13N5O2/c14-10-3-1-9(2-4-10)13(20)17-7-12(19)18-11-5-15-8-16-6-11/h1-6,8H,7,14H2,(H,17,20)(H,18,19). The first-order chi connectivity index (χ1) is 9.65. The van der Waals surface area contributed by atoms with E-state index in [4.69, 9.17) is 5.73 Å². The Labute approximate surface area is 115 Å². The van der Waals surface area contributed by atoms with Crippen molar-refractivity contribution in [2.75, 3.05) is 17.6 Å². The van der Waals surface area contributed by atoms with Gasteiger partial charge in [-0.1, -0.05) is 0 Å². The van der Waals surface area contributed by atoms with Crippen LogP contribution < -0.4 is 16.4 Å². The van der Waals surface area contributed by atoms with Gasteiger partial charge in [-0.3, -0.25) is 9.59 Å². The van der Waals surface area contributed by atoms with Crippen molar-refractivity contribution in [3.63, 3.8) is 0 Å². The quantitative estimate of drug-likeness (QED) is 0.698. The average molecular weight is 271 g/mol. The van der Waals surface area contributed by atoms with Crippen LogP contribution in [0.25, 0.3) is 0 Å². The molecule has 1 aromatic carbocycles. The van der Waals surface area contributed by atoms with Gasteiger partial charge in [0.25, 0.3) is 5.91 Å². The molecule has 0 unspecified atom stereocenters. The van der Waals surface area contributed by atoms with Crippen molar-refractivity contribution >= 4 is 23.2 Å². The van der Waals surface area contributed by atoms with Crippen molar-refractivity contribution in [3.05, 3.63) is 48.5 Å². The number of amides is 2. The normalized spacial score (nSPS) is 9.80. The lowest BCUT2D eigenvalue weighted by atomic mass is 10.2. The molecule has 2 rings (SSSR count). The van der Waals surface area contributed by atoms with Crippen molar-refractivity contribution in [2.45, 2.75) is 0 Å². The average Bonchev–Trinajstić information content (AvgIpc) is 2.46. The van der Waals surface area contributed by atoms with E-state index in [9.17, 15) is 9.59 Å². The van der Waals surface area contributed by atoms with Crippen molar-refractivity contribution < 1.29 is 9.59 Å². The summed E-state index contributed by atoms with van der Waals surface area (Å²) < 4.78 is 0. The van der Waals surface area contributed by atoms with E-state index in [-0.39, 0.29) is 18.4 Å². The lowest BCUT2D eigenvalue weighted by molar-refractivity contribution is -0.115. The number of aromatic nitrogens is 2. The number of rotatable bonds is 4. The van der Waals surface area contributed by atoms with Gasteiger partial charge in [-0.2, -0.15) is 0 Å². The number of carbonyl (C=O) groups excluding carboxylic acids is 2. The minimum absolute atomic E-state index is 0.141. The van der Waals surface area contributed by atoms with Crippen LogP contribution >= 0.6 is 0 Å². The molecule has 0 atom stereocenters. The van der Waals surface area contributed by atoms with Crippen LogP contribution in [0.3, 0.4) is 0 Å². The number of hydrogen-bond acceptors (Lipinski definition) is 5. The lowest BCUT2D eigenvalue weighted by Gasteiger charge is -2.06. The Balaban J connectivity index is 1.84. The van der Waals surface area contributed by atoms with Crippen molar-refractivity contribution in [2.24, 2.45) is 0 Å². The molecule has 0 bridgehead atoms. The molecule has 0 aliphatic rings. The highest BCUT2D eigenvalue weighted by Gasteiger charge is 2.08. The van der Waals surface area contributed by atoms with E-state index in [2.05, 4.69) is 20.6 Å². The molecule has 0 saturated carbocycles. The van der Waals surface area contributed by atoms with E-state index in [0.29, 0.717) is 16.9 Å². The van der Waals surface area contributed by atoms with Gasteiger partial charge in [-0.15, -0.1) is 0 Å². The fourth-order valence-corrected chi connectivity index (χ4v) is 1.47. The number of hydrogen-bond donors (Lipinski definition) is 3. The van der Waals surface area contributed by atoms with Gasteiger partial charge in [0, 0.05) is 11.3 Å².